The Labute approximate surface area is 146 Å². The van der Waals surface area contributed by atoms with Crippen LogP contribution in [-0.4, -0.2) is 13.3 Å². The number of methoxy groups -OCH3 is 1. The molecule has 0 spiro atoms. The summed E-state index contributed by atoms with van der Waals surface area (Å²) in [7, 11) is 1.50. The van der Waals surface area contributed by atoms with Crippen LogP contribution in [0.15, 0.2) is 47.4 Å². The van der Waals surface area contributed by atoms with Crippen molar-refractivity contribution in [3.8, 4) is 5.75 Å². The maximum atomic E-state index is 13.2. The number of thioether (sulfide) groups is 1. The minimum atomic E-state index is -4.39. The summed E-state index contributed by atoms with van der Waals surface area (Å²) in [5.74, 6) is 0.510. The summed E-state index contributed by atoms with van der Waals surface area (Å²) in [6.07, 6.45) is -1.52. The van der Waals surface area contributed by atoms with E-state index >= 15 is 0 Å². The van der Waals surface area contributed by atoms with E-state index in [-0.39, 0.29) is 0 Å². The third kappa shape index (κ3) is 3.47. The fourth-order valence-electron chi connectivity index (χ4n) is 2.38. The first kappa shape index (κ1) is 17.0. The predicted molar refractivity (Wildman–Crippen MR) is 93.9 cm³/mol. The number of rotatable bonds is 2. The van der Waals surface area contributed by atoms with E-state index in [1.54, 1.807) is 48.5 Å². The van der Waals surface area contributed by atoms with Crippen LogP contribution in [0.2, 0.25) is 5.02 Å². The van der Waals surface area contributed by atoms with Crippen molar-refractivity contribution >= 4 is 40.4 Å². The number of ether oxygens (including phenoxy) is 1. The predicted octanol–water partition coefficient (Wildman–Crippen LogP) is 6.50. The molecule has 1 heterocycles. The third-order valence-electron chi connectivity index (χ3n) is 3.49. The van der Waals surface area contributed by atoms with Gasteiger partial charge in [-0.05, 0) is 41.5 Å². The molecule has 0 unspecified atom stereocenters. The molecule has 0 saturated heterocycles. The molecule has 0 atom stereocenters. The molecular weight excluding hydrogens is 357 g/mol. The molecule has 0 bridgehead atoms. The Morgan fingerprint density at radius 1 is 1.12 bits per heavy atom. The number of hydrogen-bond donors (Lipinski definition) is 0. The van der Waals surface area contributed by atoms with Gasteiger partial charge in [0.15, 0.2) is 0 Å². The van der Waals surface area contributed by atoms with Crippen molar-refractivity contribution in [1.29, 1.82) is 0 Å². The SMILES string of the molecule is COc1cc(Cl)ccc1/C=C1\SC(C(F)(F)F)=Cc2ccccc21. The highest BCUT2D eigenvalue weighted by atomic mass is 35.5. The second-order valence-corrected chi connectivity index (χ2v) is 6.61. The average molecular weight is 369 g/mol. The van der Waals surface area contributed by atoms with Crippen molar-refractivity contribution in [2.24, 2.45) is 0 Å². The van der Waals surface area contributed by atoms with Crippen LogP contribution in [0.1, 0.15) is 16.7 Å². The Morgan fingerprint density at radius 3 is 2.58 bits per heavy atom. The standard InChI is InChI=1S/C18H12ClF3OS/c1-23-15-10-13(19)7-6-12(15)8-16-14-5-3-2-4-11(14)9-17(24-16)18(20,21)22/h2-10H,1H3/b16-8-. The van der Waals surface area contributed by atoms with Gasteiger partial charge in [0.2, 0.25) is 0 Å². The van der Waals surface area contributed by atoms with E-state index in [0.29, 0.717) is 38.6 Å². The van der Waals surface area contributed by atoms with Gasteiger partial charge in [-0.25, -0.2) is 0 Å². The number of benzene rings is 2. The summed E-state index contributed by atoms with van der Waals surface area (Å²) >= 11 is 6.65. The summed E-state index contributed by atoms with van der Waals surface area (Å²) in [5.41, 5.74) is 1.97. The van der Waals surface area contributed by atoms with Gasteiger partial charge in [0.1, 0.15) is 5.75 Å². The van der Waals surface area contributed by atoms with E-state index in [1.807, 2.05) is 0 Å². The Kier molecular flexibility index (Phi) is 4.65. The molecule has 1 aliphatic rings. The van der Waals surface area contributed by atoms with E-state index in [2.05, 4.69) is 0 Å². The van der Waals surface area contributed by atoms with Crippen LogP contribution in [0, 0.1) is 0 Å². The normalized spacial score (nSPS) is 15.9. The number of fused-ring (bicyclic) bond motifs is 1. The van der Waals surface area contributed by atoms with Crippen LogP contribution in [-0.2, 0) is 0 Å². The van der Waals surface area contributed by atoms with Crippen molar-refractivity contribution < 1.29 is 17.9 Å². The first-order valence-corrected chi connectivity index (χ1v) is 8.19. The molecular formula is C18H12ClF3OS. The van der Waals surface area contributed by atoms with Crippen LogP contribution in [0.4, 0.5) is 13.2 Å². The lowest BCUT2D eigenvalue weighted by atomic mass is 10.0. The molecule has 124 valence electrons. The van der Waals surface area contributed by atoms with Crippen molar-refractivity contribution in [3.63, 3.8) is 0 Å². The van der Waals surface area contributed by atoms with Gasteiger partial charge in [0.25, 0.3) is 0 Å². The van der Waals surface area contributed by atoms with Crippen LogP contribution in [0.5, 0.6) is 5.75 Å². The molecule has 0 amide bonds. The summed E-state index contributed by atoms with van der Waals surface area (Å²) in [4.78, 5) is -0.124. The Morgan fingerprint density at radius 2 is 1.88 bits per heavy atom. The lowest BCUT2D eigenvalue weighted by molar-refractivity contribution is -0.0827. The van der Waals surface area contributed by atoms with E-state index in [1.165, 1.54) is 13.2 Å². The summed E-state index contributed by atoms with van der Waals surface area (Å²) in [6, 6.07) is 12.0. The van der Waals surface area contributed by atoms with Gasteiger partial charge in [0, 0.05) is 15.5 Å². The lowest BCUT2D eigenvalue weighted by Gasteiger charge is -2.21. The highest BCUT2D eigenvalue weighted by Crippen LogP contribution is 2.49. The molecule has 0 N–H and O–H groups in total. The number of alkyl halides is 3. The van der Waals surface area contributed by atoms with E-state index in [4.69, 9.17) is 16.3 Å². The maximum absolute atomic E-state index is 13.2. The van der Waals surface area contributed by atoms with Gasteiger partial charge in [0.05, 0.1) is 12.0 Å². The minimum Gasteiger partial charge on any atom is -0.496 e. The maximum Gasteiger partial charge on any atom is 0.422 e. The van der Waals surface area contributed by atoms with Gasteiger partial charge in [-0.1, -0.05) is 47.6 Å². The van der Waals surface area contributed by atoms with Crippen molar-refractivity contribution in [1.82, 2.24) is 0 Å². The van der Waals surface area contributed by atoms with Gasteiger partial charge in [-0.2, -0.15) is 13.2 Å². The van der Waals surface area contributed by atoms with E-state index in [9.17, 15) is 13.2 Å². The first-order chi connectivity index (χ1) is 11.4. The van der Waals surface area contributed by atoms with Crippen LogP contribution in [0.25, 0.3) is 17.1 Å². The lowest BCUT2D eigenvalue weighted by Crippen LogP contribution is -2.11. The Bertz CT molecular complexity index is 840. The van der Waals surface area contributed by atoms with Gasteiger partial charge >= 0.3 is 6.18 Å². The third-order valence-corrected chi connectivity index (χ3v) is 4.86. The van der Waals surface area contributed by atoms with E-state index < -0.39 is 11.1 Å². The monoisotopic (exact) mass is 368 g/mol. The largest absolute Gasteiger partial charge is 0.496 e. The molecule has 0 fully saturated rings. The Hall–Kier alpha value is -1.85. The van der Waals surface area contributed by atoms with Crippen molar-refractivity contribution in [2.45, 2.75) is 6.18 Å². The average Bonchev–Trinajstić information content (AvgIpc) is 2.55. The highest BCUT2D eigenvalue weighted by molar-refractivity contribution is 8.12. The molecule has 1 nitrogen and oxygen atoms in total. The van der Waals surface area contributed by atoms with E-state index in [0.717, 1.165) is 5.56 Å². The molecule has 2 aromatic rings. The second kappa shape index (κ2) is 6.57. The fraction of sp³-hybridized carbons (Fsp3) is 0.111. The zero-order chi connectivity index (χ0) is 17.3. The van der Waals surface area contributed by atoms with Crippen molar-refractivity contribution in [3.05, 3.63) is 69.1 Å². The summed E-state index contributed by atoms with van der Waals surface area (Å²) in [6.45, 7) is 0. The highest BCUT2D eigenvalue weighted by Gasteiger charge is 2.37. The molecule has 6 heteroatoms. The Balaban J connectivity index is 2.13. The topological polar surface area (TPSA) is 9.23 Å². The van der Waals surface area contributed by atoms with Crippen LogP contribution in [0.3, 0.4) is 0 Å². The molecule has 0 aromatic heterocycles. The molecule has 3 rings (SSSR count). The number of halogens is 4. The first-order valence-electron chi connectivity index (χ1n) is 7.00. The summed E-state index contributed by atoms with van der Waals surface area (Å²) in [5, 5.41) is 0.501. The molecule has 24 heavy (non-hydrogen) atoms. The van der Waals surface area contributed by atoms with Gasteiger partial charge < -0.3 is 4.74 Å². The minimum absolute atomic E-state index is 0.501. The van der Waals surface area contributed by atoms with Crippen molar-refractivity contribution in [2.75, 3.05) is 7.11 Å². The molecule has 2 aromatic carbocycles. The molecule has 0 saturated carbocycles. The fourth-order valence-corrected chi connectivity index (χ4v) is 3.57. The smallest absolute Gasteiger partial charge is 0.422 e. The quantitative estimate of drug-likeness (QED) is 0.598. The summed E-state index contributed by atoms with van der Waals surface area (Å²) < 4.78 is 44.8. The zero-order valence-corrected chi connectivity index (χ0v) is 14.1. The molecule has 1 aliphatic heterocycles. The zero-order valence-electron chi connectivity index (χ0n) is 12.5. The van der Waals surface area contributed by atoms with Gasteiger partial charge in [-0.15, -0.1) is 0 Å². The molecule has 0 radical (unpaired) electrons. The molecule has 0 aliphatic carbocycles. The number of allylic oxidation sites excluding steroid dienone is 1. The van der Waals surface area contributed by atoms with Crippen LogP contribution >= 0.6 is 23.4 Å². The van der Waals surface area contributed by atoms with Gasteiger partial charge in [-0.3, -0.25) is 0 Å². The second-order valence-electron chi connectivity index (χ2n) is 5.09. The van der Waals surface area contributed by atoms with Crippen LogP contribution < -0.4 is 4.74 Å². The number of hydrogen-bond acceptors (Lipinski definition) is 2.